The van der Waals surface area contributed by atoms with Crippen LogP contribution in [0.1, 0.15) is 28.6 Å². The Morgan fingerprint density at radius 2 is 1.65 bits per heavy atom. The van der Waals surface area contributed by atoms with Crippen molar-refractivity contribution in [2.24, 2.45) is 0 Å². The summed E-state index contributed by atoms with van der Waals surface area (Å²) in [6.07, 6.45) is 0.647. The zero-order valence-corrected chi connectivity index (χ0v) is 13.4. The normalized spacial score (nSPS) is 10.7. The molecule has 0 atom stereocenters. The van der Waals surface area contributed by atoms with Crippen LogP contribution in [-0.4, -0.2) is 20.0 Å². The van der Waals surface area contributed by atoms with E-state index < -0.39 is 0 Å². The van der Waals surface area contributed by atoms with Gasteiger partial charge in [-0.3, -0.25) is 4.79 Å². The number of carbonyl (C=O) groups excluding carboxylic acids is 1. The molecule has 0 unspecified atom stereocenters. The predicted molar refractivity (Wildman–Crippen MR) is 88.6 cm³/mol. The van der Waals surface area contributed by atoms with Crippen LogP contribution in [-0.2, 0) is 6.42 Å². The predicted octanol–water partition coefficient (Wildman–Crippen LogP) is 4.24. The highest BCUT2D eigenvalue weighted by molar-refractivity contribution is 6.17. The van der Waals surface area contributed by atoms with Crippen LogP contribution in [0.5, 0.6) is 11.5 Å². The second kappa shape index (κ2) is 6.16. The summed E-state index contributed by atoms with van der Waals surface area (Å²) in [6.45, 7) is 1.97. The molecule has 0 aliphatic heterocycles. The minimum absolute atomic E-state index is 0.0478. The summed E-state index contributed by atoms with van der Waals surface area (Å²) in [5.74, 6) is 2.07. The highest BCUT2D eigenvalue weighted by atomic mass is 16.5. The van der Waals surface area contributed by atoms with Gasteiger partial charge in [-0.15, -0.1) is 0 Å². The first-order valence-corrected chi connectivity index (χ1v) is 7.46. The van der Waals surface area contributed by atoms with Gasteiger partial charge in [-0.2, -0.15) is 0 Å². The first kappa shape index (κ1) is 15.2. The molecule has 0 amide bonds. The fraction of sp³-hybridized carbons (Fsp3) is 0.211. The Hall–Kier alpha value is -2.75. The van der Waals surface area contributed by atoms with E-state index in [4.69, 9.17) is 13.9 Å². The second-order valence-corrected chi connectivity index (χ2v) is 5.17. The molecule has 23 heavy (non-hydrogen) atoms. The van der Waals surface area contributed by atoms with Gasteiger partial charge in [-0.05, 0) is 36.4 Å². The molecule has 0 fully saturated rings. The number of hydrogen-bond acceptors (Lipinski definition) is 4. The zero-order chi connectivity index (χ0) is 16.4. The van der Waals surface area contributed by atoms with Gasteiger partial charge in [0, 0.05) is 23.4 Å². The quantitative estimate of drug-likeness (QED) is 0.661. The third kappa shape index (κ3) is 2.68. The highest BCUT2D eigenvalue weighted by Crippen LogP contribution is 2.31. The van der Waals surface area contributed by atoms with Gasteiger partial charge in [-0.1, -0.05) is 6.92 Å². The monoisotopic (exact) mass is 310 g/mol. The van der Waals surface area contributed by atoms with E-state index in [0.29, 0.717) is 34.6 Å². The van der Waals surface area contributed by atoms with Crippen molar-refractivity contribution >= 4 is 16.8 Å². The molecule has 0 aliphatic carbocycles. The van der Waals surface area contributed by atoms with Crippen LogP contribution in [0, 0.1) is 0 Å². The lowest BCUT2D eigenvalue weighted by Crippen LogP contribution is -2.03. The second-order valence-electron chi connectivity index (χ2n) is 5.17. The van der Waals surface area contributed by atoms with Gasteiger partial charge >= 0.3 is 0 Å². The molecule has 3 rings (SSSR count). The summed E-state index contributed by atoms with van der Waals surface area (Å²) in [4.78, 5) is 12.9. The topological polar surface area (TPSA) is 48.7 Å². The molecule has 118 valence electrons. The Morgan fingerprint density at radius 3 is 2.26 bits per heavy atom. The number of hydrogen-bond donors (Lipinski definition) is 0. The molecular weight excluding hydrogens is 292 g/mol. The maximum absolute atomic E-state index is 12.9. The molecule has 0 spiro atoms. The number of fused-ring (bicyclic) bond motifs is 1. The zero-order valence-electron chi connectivity index (χ0n) is 13.4. The standard InChI is InChI=1S/C19H18O4/c1-4-16-18(15-10-9-14(22-3)11-17(15)23-16)19(20)12-5-7-13(21-2)8-6-12/h5-11H,4H2,1-3H3. The molecule has 4 heteroatoms. The summed E-state index contributed by atoms with van der Waals surface area (Å²) in [5.41, 5.74) is 1.90. The van der Waals surface area contributed by atoms with Gasteiger partial charge < -0.3 is 13.9 Å². The molecule has 2 aromatic carbocycles. The van der Waals surface area contributed by atoms with Crippen molar-refractivity contribution in [2.75, 3.05) is 14.2 Å². The van der Waals surface area contributed by atoms with Gasteiger partial charge in [0.25, 0.3) is 0 Å². The van der Waals surface area contributed by atoms with E-state index in [1.807, 2.05) is 19.1 Å². The van der Waals surface area contributed by atoms with Gasteiger partial charge in [0.15, 0.2) is 5.78 Å². The Bertz CT molecular complexity index is 844. The minimum atomic E-state index is -0.0478. The van der Waals surface area contributed by atoms with E-state index in [9.17, 15) is 4.79 Å². The van der Waals surface area contributed by atoms with Crippen molar-refractivity contribution in [1.29, 1.82) is 0 Å². The van der Waals surface area contributed by atoms with Gasteiger partial charge in [0.1, 0.15) is 22.8 Å². The molecule has 1 aromatic heterocycles. The molecule has 0 bridgehead atoms. The van der Waals surface area contributed by atoms with E-state index in [1.165, 1.54) is 0 Å². The van der Waals surface area contributed by atoms with E-state index >= 15 is 0 Å². The first-order valence-electron chi connectivity index (χ1n) is 7.46. The van der Waals surface area contributed by atoms with Crippen molar-refractivity contribution in [3.63, 3.8) is 0 Å². The maximum Gasteiger partial charge on any atom is 0.197 e. The van der Waals surface area contributed by atoms with Crippen LogP contribution in [0.3, 0.4) is 0 Å². The summed E-state index contributed by atoms with van der Waals surface area (Å²) < 4.78 is 16.2. The van der Waals surface area contributed by atoms with Gasteiger partial charge in [-0.25, -0.2) is 0 Å². The number of ketones is 1. The van der Waals surface area contributed by atoms with E-state index in [-0.39, 0.29) is 5.78 Å². The van der Waals surface area contributed by atoms with Crippen molar-refractivity contribution < 1.29 is 18.7 Å². The Balaban J connectivity index is 2.11. The average molecular weight is 310 g/mol. The number of furan rings is 1. The Labute approximate surface area is 134 Å². The fourth-order valence-corrected chi connectivity index (χ4v) is 2.64. The van der Waals surface area contributed by atoms with Crippen LogP contribution in [0.4, 0.5) is 0 Å². The van der Waals surface area contributed by atoms with Gasteiger partial charge in [0.05, 0.1) is 19.8 Å². The Kier molecular flexibility index (Phi) is 4.06. The fourth-order valence-electron chi connectivity index (χ4n) is 2.64. The molecule has 0 radical (unpaired) electrons. The van der Waals surface area contributed by atoms with Crippen molar-refractivity contribution in [1.82, 2.24) is 0 Å². The number of aryl methyl sites for hydroxylation is 1. The molecular formula is C19H18O4. The summed E-state index contributed by atoms with van der Waals surface area (Å²) in [5, 5.41) is 0.809. The minimum Gasteiger partial charge on any atom is -0.497 e. The lowest BCUT2D eigenvalue weighted by Gasteiger charge is -2.04. The summed E-state index contributed by atoms with van der Waals surface area (Å²) in [6, 6.07) is 12.6. The summed E-state index contributed by atoms with van der Waals surface area (Å²) in [7, 11) is 3.21. The maximum atomic E-state index is 12.9. The van der Waals surface area contributed by atoms with Crippen LogP contribution < -0.4 is 9.47 Å². The van der Waals surface area contributed by atoms with E-state index in [0.717, 1.165) is 11.1 Å². The molecule has 3 aromatic rings. The SMILES string of the molecule is CCc1oc2cc(OC)ccc2c1C(=O)c1ccc(OC)cc1. The van der Waals surface area contributed by atoms with E-state index in [1.54, 1.807) is 44.6 Å². The molecule has 0 saturated carbocycles. The number of methoxy groups -OCH3 is 2. The summed E-state index contributed by atoms with van der Waals surface area (Å²) >= 11 is 0. The van der Waals surface area contributed by atoms with Crippen molar-refractivity contribution in [3.05, 3.63) is 59.4 Å². The molecule has 0 aliphatic rings. The van der Waals surface area contributed by atoms with Gasteiger partial charge in [0.2, 0.25) is 0 Å². The number of benzene rings is 2. The highest BCUT2D eigenvalue weighted by Gasteiger charge is 2.21. The van der Waals surface area contributed by atoms with Crippen LogP contribution in [0.15, 0.2) is 46.9 Å². The lowest BCUT2D eigenvalue weighted by atomic mass is 9.99. The number of ether oxygens (including phenoxy) is 2. The Morgan fingerprint density at radius 1 is 1.00 bits per heavy atom. The smallest absolute Gasteiger partial charge is 0.197 e. The largest absolute Gasteiger partial charge is 0.497 e. The van der Waals surface area contributed by atoms with Crippen LogP contribution in [0.25, 0.3) is 11.0 Å². The third-order valence-electron chi connectivity index (χ3n) is 3.87. The molecule has 1 heterocycles. The average Bonchev–Trinajstić information content (AvgIpc) is 2.98. The molecule has 4 nitrogen and oxygen atoms in total. The van der Waals surface area contributed by atoms with Crippen molar-refractivity contribution in [3.8, 4) is 11.5 Å². The molecule has 0 saturated heterocycles. The van der Waals surface area contributed by atoms with Crippen molar-refractivity contribution in [2.45, 2.75) is 13.3 Å². The van der Waals surface area contributed by atoms with Crippen LogP contribution >= 0.6 is 0 Å². The van der Waals surface area contributed by atoms with Crippen LogP contribution in [0.2, 0.25) is 0 Å². The lowest BCUT2D eigenvalue weighted by molar-refractivity contribution is 0.103. The first-order chi connectivity index (χ1) is 11.2. The number of rotatable bonds is 5. The number of carbonyl (C=O) groups is 1. The third-order valence-corrected chi connectivity index (χ3v) is 3.87. The molecule has 0 N–H and O–H groups in total. The van der Waals surface area contributed by atoms with E-state index in [2.05, 4.69) is 0 Å².